The summed E-state index contributed by atoms with van der Waals surface area (Å²) in [6, 6.07) is 0. The largest absolute Gasteiger partial charge is 0.469 e. The van der Waals surface area contributed by atoms with Crippen LogP contribution in [0.4, 0.5) is 5.95 Å². The van der Waals surface area contributed by atoms with Crippen LogP contribution in [0.3, 0.4) is 0 Å². The van der Waals surface area contributed by atoms with Gasteiger partial charge >= 0.3 is 5.97 Å². The number of anilines is 1. The summed E-state index contributed by atoms with van der Waals surface area (Å²) in [7, 11) is 3.01. The molecule has 0 spiro atoms. The number of methoxy groups -OCH3 is 2. The van der Waals surface area contributed by atoms with Crippen LogP contribution in [-0.2, 0) is 27.1 Å². The Morgan fingerprint density at radius 3 is 2.38 bits per heavy atom. The number of aromatic nitrogens is 3. The maximum absolute atomic E-state index is 11.3. The second-order valence-corrected chi connectivity index (χ2v) is 4.52. The average Bonchev–Trinajstić information content (AvgIpc) is 2.53. The number of aryl methyl sites for hydroxylation is 2. The zero-order valence-corrected chi connectivity index (χ0v) is 13.3. The van der Waals surface area contributed by atoms with Crippen molar-refractivity contribution in [3.05, 3.63) is 11.4 Å². The molecule has 1 heterocycles. The highest BCUT2D eigenvalue weighted by Crippen LogP contribution is 2.11. The lowest BCUT2D eigenvalue weighted by atomic mass is 10.2. The highest BCUT2D eigenvalue weighted by Gasteiger charge is 2.14. The predicted octanol–water partition coefficient (Wildman–Crippen LogP) is 1.01. The Labute approximate surface area is 125 Å². The summed E-state index contributed by atoms with van der Waals surface area (Å²) in [6.45, 7) is 5.68. The predicted molar refractivity (Wildman–Crippen MR) is 79.3 cm³/mol. The topological polar surface area (TPSA) is 77.4 Å². The van der Waals surface area contributed by atoms with Gasteiger partial charge in [0, 0.05) is 20.2 Å². The van der Waals surface area contributed by atoms with Crippen LogP contribution in [0.15, 0.2) is 0 Å². The molecule has 21 heavy (non-hydrogen) atoms. The van der Waals surface area contributed by atoms with Gasteiger partial charge in [-0.1, -0.05) is 13.8 Å². The van der Waals surface area contributed by atoms with E-state index in [0.29, 0.717) is 25.6 Å². The zero-order chi connectivity index (χ0) is 15.7. The molecular formula is C14H24N4O3. The standard InChI is InChI=1S/C14H24N4O3/c1-5-11-12(6-2)16-17-14(15-11)18(9-10-20-3)8-7-13(19)21-4/h5-10H2,1-4H3. The van der Waals surface area contributed by atoms with Crippen molar-refractivity contribution in [3.63, 3.8) is 0 Å². The molecule has 0 unspecified atom stereocenters. The molecule has 1 rings (SSSR count). The maximum Gasteiger partial charge on any atom is 0.307 e. The van der Waals surface area contributed by atoms with E-state index in [2.05, 4.69) is 19.9 Å². The van der Waals surface area contributed by atoms with Gasteiger partial charge in [0.2, 0.25) is 5.95 Å². The number of carbonyl (C=O) groups is 1. The van der Waals surface area contributed by atoms with Crippen LogP contribution in [0.5, 0.6) is 0 Å². The van der Waals surface area contributed by atoms with Gasteiger partial charge in [-0.25, -0.2) is 4.98 Å². The lowest BCUT2D eigenvalue weighted by Crippen LogP contribution is -2.32. The third kappa shape index (κ3) is 5.26. The van der Waals surface area contributed by atoms with Gasteiger partial charge in [0.15, 0.2) is 0 Å². The molecule has 0 atom stereocenters. The molecule has 0 saturated carbocycles. The van der Waals surface area contributed by atoms with Crippen LogP contribution in [-0.4, -0.2) is 55.1 Å². The molecule has 0 N–H and O–H groups in total. The van der Waals surface area contributed by atoms with E-state index in [-0.39, 0.29) is 12.4 Å². The first-order chi connectivity index (χ1) is 10.2. The van der Waals surface area contributed by atoms with E-state index in [1.165, 1.54) is 7.11 Å². The second-order valence-electron chi connectivity index (χ2n) is 4.52. The van der Waals surface area contributed by atoms with Gasteiger partial charge in [-0.05, 0) is 12.8 Å². The fraction of sp³-hybridized carbons (Fsp3) is 0.714. The molecule has 0 aliphatic rings. The number of carbonyl (C=O) groups excluding carboxylic acids is 1. The van der Waals surface area contributed by atoms with Crippen LogP contribution >= 0.6 is 0 Å². The van der Waals surface area contributed by atoms with Crippen molar-refractivity contribution >= 4 is 11.9 Å². The van der Waals surface area contributed by atoms with E-state index in [4.69, 9.17) is 4.74 Å². The van der Waals surface area contributed by atoms with Crippen molar-refractivity contribution < 1.29 is 14.3 Å². The highest BCUT2D eigenvalue weighted by atomic mass is 16.5. The normalized spacial score (nSPS) is 10.5. The fourth-order valence-electron chi connectivity index (χ4n) is 1.90. The Kier molecular flexibility index (Phi) is 7.60. The summed E-state index contributed by atoms with van der Waals surface area (Å²) in [6.07, 6.45) is 1.89. The first-order valence-corrected chi connectivity index (χ1v) is 7.19. The number of rotatable bonds is 9. The van der Waals surface area contributed by atoms with Gasteiger partial charge in [0.25, 0.3) is 0 Å². The van der Waals surface area contributed by atoms with E-state index in [1.54, 1.807) is 7.11 Å². The summed E-state index contributed by atoms with van der Waals surface area (Å²) in [5.74, 6) is 0.274. The van der Waals surface area contributed by atoms with Gasteiger partial charge in [-0.3, -0.25) is 4.79 Å². The monoisotopic (exact) mass is 296 g/mol. The van der Waals surface area contributed by atoms with Crippen LogP contribution in [0.25, 0.3) is 0 Å². The van der Waals surface area contributed by atoms with Crippen LogP contribution in [0.1, 0.15) is 31.7 Å². The van der Waals surface area contributed by atoms with Crippen molar-refractivity contribution in [1.82, 2.24) is 15.2 Å². The van der Waals surface area contributed by atoms with E-state index in [1.807, 2.05) is 18.7 Å². The summed E-state index contributed by atoms with van der Waals surface area (Å²) < 4.78 is 9.76. The molecular weight excluding hydrogens is 272 g/mol. The van der Waals surface area contributed by atoms with Crippen molar-refractivity contribution in [1.29, 1.82) is 0 Å². The minimum atomic E-state index is -0.258. The molecule has 7 nitrogen and oxygen atoms in total. The van der Waals surface area contributed by atoms with Gasteiger partial charge in [-0.15, -0.1) is 5.10 Å². The van der Waals surface area contributed by atoms with Crippen LogP contribution < -0.4 is 4.90 Å². The third-order valence-corrected chi connectivity index (χ3v) is 3.16. The summed E-state index contributed by atoms with van der Waals surface area (Å²) in [5.41, 5.74) is 1.86. The molecule has 118 valence electrons. The molecule has 0 aliphatic carbocycles. The minimum Gasteiger partial charge on any atom is -0.469 e. The van der Waals surface area contributed by atoms with E-state index >= 15 is 0 Å². The smallest absolute Gasteiger partial charge is 0.307 e. The molecule has 1 aromatic heterocycles. The number of hydrogen-bond donors (Lipinski definition) is 0. The van der Waals surface area contributed by atoms with Gasteiger partial charge in [0.1, 0.15) is 0 Å². The quantitative estimate of drug-likeness (QED) is 0.629. The lowest BCUT2D eigenvalue weighted by molar-refractivity contribution is -0.140. The highest BCUT2D eigenvalue weighted by molar-refractivity contribution is 5.69. The number of esters is 1. The van der Waals surface area contributed by atoms with Crippen molar-refractivity contribution in [2.75, 3.05) is 38.8 Å². The molecule has 0 radical (unpaired) electrons. The van der Waals surface area contributed by atoms with E-state index in [0.717, 1.165) is 24.2 Å². The summed E-state index contributed by atoms with van der Waals surface area (Å²) in [5, 5.41) is 8.41. The lowest BCUT2D eigenvalue weighted by Gasteiger charge is -2.22. The Morgan fingerprint density at radius 2 is 1.81 bits per heavy atom. The van der Waals surface area contributed by atoms with Gasteiger partial charge < -0.3 is 14.4 Å². The number of hydrogen-bond acceptors (Lipinski definition) is 7. The SMILES string of the molecule is CCc1nnc(N(CCOC)CCC(=O)OC)nc1CC. The van der Waals surface area contributed by atoms with Crippen molar-refractivity contribution in [3.8, 4) is 0 Å². The molecule has 0 saturated heterocycles. The average molecular weight is 296 g/mol. The number of nitrogens with zero attached hydrogens (tertiary/aromatic N) is 4. The zero-order valence-electron chi connectivity index (χ0n) is 13.3. The van der Waals surface area contributed by atoms with Gasteiger partial charge in [0.05, 0.1) is 31.5 Å². The molecule has 0 aliphatic heterocycles. The Bertz CT molecular complexity index is 454. The first-order valence-electron chi connectivity index (χ1n) is 7.19. The van der Waals surface area contributed by atoms with Crippen LogP contribution in [0, 0.1) is 0 Å². The first kappa shape index (κ1) is 17.3. The molecule has 0 aromatic carbocycles. The second kappa shape index (κ2) is 9.23. The molecule has 0 amide bonds. The van der Waals surface area contributed by atoms with Crippen molar-refractivity contribution in [2.24, 2.45) is 0 Å². The van der Waals surface area contributed by atoms with Crippen LogP contribution in [0.2, 0.25) is 0 Å². The Balaban J connectivity index is 2.88. The summed E-state index contributed by atoms with van der Waals surface area (Å²) in [4.78, 5) is 17.8. The molecule has 7 heteroatoms. The third-order valence-electron chi connectivity index (χ3n) is 3.16. The van der Waals surface area contributed by atoms with E-state index < -0.39 is 0 Å². The van der Waals surface area contributed by atoms with E-state index in [9.17, 15) is 4.79 Å². The maximum atomic E-state index is 11.3. The molecule has 0 bridgehead atoms. The Hall–Kier alpha value is -1.76. The fourth-order valence-corrected chi connectivity index (χ4v) is 1.90. The summed E-state index contributed by atoms with van der Waals surface area (Å²) >= 11 is 0. The number of ether oxygens (including phenoxy) is 2. The Morgan fingerprint density at radius 1 is 1.10 bits per heavy atom. The minimum absolute atomic E-state index is 0.258. The van der Waals surface area contributed by atoms with Crippen molar-refractivity contribution in [2.45, 2.75) is 33.1 Å². The van der Waals surface area contributed by atoms with Gasteiger partial charge in [-0.2, -0.15) is 5.10 Å². The molecule has 0 fully saturated rings. The molecule has 1 aromatic rings.